The van der Waals surface area contributed by atoms with Gasteiger partial charge in [-0.3, -0.25) is 67.1 Å². The minimum absolute atomic E-state index is 0.0231. The highest BCUT2D eigenvalue weighted by Crippen LogP contribution is 2.06. The summed E-state index contributed by atoms with van der Waals surface area (Å²) < 4.78 is 0. The van der Waals surface area contributed by atoms with Gasteiger partial charge >= 0.3 is 83.6 Å². The van der Waals surface area contributed by atoms with E-state index in [2.05, 4.69) is 39.0 Å². The molecule has 102 heavy (non-hydrogen) atoms. The van der Waals surface area contributed by atoms with Crippen LogP contribution in [0.1, 0.15) is 116 Å². The molecule has 0 saturated carbocycles. The van der Waals surface area contributed by atoms with Crippen LogP contribution in [0.15, 0.2) is 12.5 Å². The molecule has 0 unspecified atom stereocenters. The van der Waals surface area contributed by atoms with Crippen molar-refractivity contribution in [2.75, 3.05) is 45.1 Å². The van der Waals surface area contributed by atoms with E-state index >= 15 is 0 Å². The summed E-state index contributed by atoms with van der Waals surface area (Å²) in [7, 11) is 0. The van der Waals surface area contributed by atoms with Crippen molar-refractivity contribution in [2.45, 2.75) is 190 Å². The normalized spacial score (nSPS) is 15.7. The highest BCUT2D eigenvalue weighted by Gasteiger charge is 2.22. The molecule has 3 rings (SSSR count). The zero-order valence-corrected chi connectivity index (χ0v) is 57.8. The molecule has 2 aliphatic heterocycles. The maximum atomic E-state index is 10.3. The lowest BCUT2D eigenvalue weighted by atomic mass is 10.0. The Kier molecular flexibility index (Phi) is 79.4. The summed E-state index contributed by atoms with van der Waals surface area (Å²) >= 11 is 3.65. The van der Waals surface area contributed by atoms with Crippen LogP contribution in [0.3, 0.4) is 0 Å². The van der Waals surface area contributed by atoms with Crippen LogP contribution >= 0.6 is 12.6 Å². The first kappa shape index (κ1) is 112. The van der Waals surface area contributed by atoms with Gasteiger partial charge < -0.3 is 166 Å². The van der Waals surface area contributed by atoms with Gasteiger partial charge in [-0.1, -0.05) is 33.1 Å². The number of hydrogen-bond acceptors (Lipinski definition) is 32. The van der Waals surface area contributed by atoms with Crippen molar-refractivity contribution >= 4 is 96.2 Å². The number of H-pyrrole nitrogens is 1. The summed E-state index contributed by atoms with van der Waals surface area (Å²) in [5.41, 5.74) is 61.1. The van der Waals surface area contributed by atoms with E-state index in [1.54, 1.807) is 6.20 Å². The average Bonchev–Trinajstić information content (AvgIpc) is 1.99. The molecule has 2 aliphatic rings. The number of nitrogens with zero attached hydrogens (tertiary/aromatic N) is 1. The summed E-state index contributed by atoms with van der Waals surface area (Å²) in [6, 6.07) is -8.97. The van der Waals surface area contributed by atoms with Gasteiger partial charge in [0.05, 0.1) is 32.0 Å². The van der Waals surface area contributed by atoms with Gasteiger partial charge in [-0.05, 0) is 96.8 Å². The standard InChI is InChI=1S/C6H9N3O2.2C6H14N2O2.C6H13NO2.C5H9NO4.2C5H9NO2.C4H7NO4.C4H9NO3.C3H7NO3.C3H7NO2S.C2H5NO2/c7-5(6(10)11)1-4-2-8-3-9-4;2*7-4-2-1-3-5(8)6(9)10;1-3-4(2)5(7)6(8)9;6-3(5(9)10)1-2-4(7)8;2*7-5(8)4-2-1-3-6-4;5-2(4(8)9)1-3(6)7;1-2(6)3(5)4(7)8;4-2(1-5)3(6)7;4-2(1-7)3(5)6;3-1-2(4)5/h2-3,5H,1,7H2,(H,8,9)(H,10,11);2*5H,1-4,7-8H2,(H,9,10);4-5H,3,7H2,1-2H3,(H,8,9);3H,1-2,6H2,(H,7,8)(H,9,10);2*4,6H,1-3H2,(H,7,8);2H,1,5H2,(H,6,7)(H,8,9);2-3,6H,5H2,1H3,(H,7,8);2,5H,1,4H2,(H,6,7);2,7H,1,4H2,(H,5,6);1,3H2,(H,4,5)/t3*5-;4-,5-;3-;2*4-;2-;2-,3+;2*2-;/m00000000100./s1. The Bertz CT molecular complexity index is 2360. The number of nitrogens with two attached hydrogens (primary N) is 12. The molecule has 0 bridgehead atoms. The van der Waals surface area contributed by atoms with Crippen molar-refractivity contribution in [3.8, 4) is 0 Å². The van der Waals surface area contributed by atoms with Crippen molar-refractivity contribution in [1.82, 2.24) is 20.6 Å². The predicted octanol–water partition coefficient (Wildman–Crippen LogP) is -7.83. The number of carboxylic acid groups (broad SMARTS) is 14. The van der Waals surface area contributed by atoms with E-state index < -0.39 is 157 Å². The van der Waals surface area contributed by atoms with E-state index in [9.17, 15) is 67.1 Å². The second-order valence-electron chi connectivity index (χ2n) is 20.8. The number of rotatable bonds is 32. The van der Waals surface area contributed by atoms with Gasteiger partial charge in [-0.25, -0.2) is 4.98 Å². The lowest BCUT2D eigenvalue weighted by Crippen LogP contribution is -2.39. The molecule has 1 aromatic heterocycles. The smallest absolute Gasteiger partial charge is 0.323 e. The molecule has 43 N–H and O–H groups in total. The number of nitrogens with one attached hydrogen (secondary N) is 3. The molecule has 0 aromatic carbocycles. The summed E-state index contributed by atoms with van der Waals surface area (Å²) in [5.74, 6) is -14.0. The molecular formula is C55H112N16O30S. The monoisotopic (exact) mass is 1510 g/mol. The van der Waals surface area contributed by atoms with Crippen LogP contribution in [0, 0.1) is 5.92 Å². The molecule has 2 fully saturated rings. The van der Waals surface area contributed by atoms with Crippen LogP contribution in [-0.4, -0.2) is 293 Å². The molecule has 46 nitrogen and oxygen atoms in total. The minimum atomic E-state index is -1.29. The maximum absolute atomic E-state index is 10.3. The SMILES string of the molecule is CC[C@H](C)[C@H](N)C(=O)O.C[C@@H](O)[C@H](N)C(=O)O.NCC(=O)O.NCCCC[C@H](N)C(=O)O.NCCCC[C@H](N)C(=O)O.N[C@@H](CC(=O)O)C(=O)O.N[C@@H](CCC(=O)O)C(=O)O.N[C@@H](CO)C(=O)O.N[C@@H](CS)C(=O)O.N[C@@H](Cc1cnc[nH]1)C(=O)O.O=C(O)[C@@H]1CCCN1.O=C(O)[C@@H]1CCCN1. The van der Waals surface area contributed by atoms with Crippen molar-refractivity contribution in [3.05, 3.63) is 18.2 Å². The summed E-state index contributed by atoms with van der Waals surface area (Å²) in [4.78, 5) is 145. The third kappa shape index (κ3) is 82.2. The second-order valence-corrected chi connectivity index (χ2v) is 21.1. The number of aliphatic hydroxyl groups excluding tert-OH is 2. The largest absolute Gasteiger partial charge is 0.481 e. The number of aliphatic hydroxyl groups is 2. The molecule has 0 amide bonds. The van der Waals surface area contributed by atoms with Crippen LogP contribution in [-0.2, 0) is 73.5 Å². The number of aromatic amines is 1. The Balaban J connectivity index is -0.000000133. The first-order valence-electron chi connectivity index (χ1n) is 30.4. The fourth-order valence-corrected chi connectivity index (χ4v) is 5.47. The number of unbranched alkanes of at least 4 members (excludes halogenated alkanes) is 2. The van der Waals surface area contributed by atoms with Crippen LogP contribution in [0.2, 0.25) is 0 Å². The van der Waals surface area contributed by atoms with Gasteiger partial charge in [0, 0.05) is 30.5 Å². The van der Waals surface area contributed by atoms with Gasteiger partial charge in [0.2, 0.25) is 0 Å². The van der Waals surface area contributed by atoms with Gasteiger partial charge in [-0.2, -0.15) is 12.6 Å². The number of imidazole rings is 1. The van der Waals surface area contributed by atoms with E-state index in [0.717, 1.165) is 76.6 Å². The molecular weight excluding hydrogens is 1400 g/mol. The van der Waals surface area contributed by atoms with E-state index in [-0.39, 0.29) is 49.6 Å². The second kappa shape index (κ2) is 72.3. The first-order chi connectivity index (χ1) is 47.0. The highest BCUT2D eigenvalue weighted by atomic mass is 32.1. The molecule has 2 saturated heterocycles. The number of carboxylic acids is 14. The molecule has 13 atom stereocenters. The molecule has 0 radical (unpaired) electrons. The fourth-order valence-electron chi connectivity index (χ4n) is 5.31. The predicted molar refractivity (Wildman–Crippen MR) is 364 cm³/mol. The Hall–Kier alpha value is -8.50. The minimum Gasteiger partial charge on any atom is -0.481 e. The Labute approximate surface area is 591 Å². The molecule has 47 heteroatoms. The summed E-state index contributed by atoms with van der Waals surface area (Å²) in [6.45, 7) is 7.23. The number of aromatic nitrogens is 2. The van der Waals surface area contributed by atoms with Crippen molar-refractivity contribution in [1.29, 1.82) is 0 Å². The molecule has 598 valence electrons. The van der Waals surface area contributed by atoms with Crippen molar-refractivity contribution in [3.63, 3.8) is 0 Å². The molecule has 0 spiro atoms. The fraction of sp³-hybridized carbons (Fsp3) is 0.691. The third-order valence-electron chi connectivity index (χ3n) is 11.8. The Morgan fingerprint density at radius 2 is 0.843 bits per heavy atom. The topological polar surface area (TPSA) is 928 Å². The highest BCUT2D eigenvalue weighted by molar-refractivity contribution is 7.80. The lowest BCUT2D eigenvalue weighted by molar-refractivity contribution is -0.144. The van der Waals surface area contributed by atoms with Crippen molar-refractivity contribution < 1.29 is 149 Å². The van der Waals surface area contributed by atoms with Gasteiger partial charge in [0.25, 0.3) is 0 Å². The zero-order chi connectivity index (χ0) is 82.0. The number of carbonyl (C=O) groups is 14. The van der Waals surface area contributed by atoms with Gasteiger partial charge in [-0.15, -0.1) is 0 Å². The Morgan fingerprint density at radius 1 is 0.490 bits per heavy atom. The molecule has 3 heterocycles. The third-order valence-corrected chi connectivity index (χ3v) is 12.2. The van der Waals surface area contributed by atoms with Crippen LogP contribution in [0.4, 0.5) is 0 Å². The average molecular weight is 1510 g/mol. The van der Waals surface area contributed by atoms with Crippen LogP contribution < -0.4 is 79.4 Å². The van der Waals surface area contributed by atoms with Gasteiger partial charge in [0.1, 0.15) is 66.5 Å². The maximum Gasteiger partial charge on any atom is 0.323 e. The number of aliphatic carboxylic acids is 14. The number of thiol groups is 1. The van der Waals surface area contributed by atoms with E-state index in [4.69, 9.17) is 145 Å². The molecule has 1 aromatic rings. The summed E-state index contributed by atoms with van der Waals surface area (Å²) in [5, 5.41) is 136. The first-order valence-corrected chi connectivity index (χ1v) is 31.1. The van der Waals surface area contributed by atoms with Crippen LogP contribution in [0.5, 0.6) is 0 Å². The molecule has 0 aliphatic carbocycles. The van der Waals surface area contributed by atoms with E-state index in [1.807, 2.05) is 13.8 Å². The number of hydrogen-bond donors (Lipinski definition) is 32. The van der Waals surface area contributed by atoms with Gasteiger partial charge in [0.15, 0.2) is 0 Å². The summed E-state index contributed by atoms with van der Waals surface area (Å²) in [6.07, 6.45) is 10.3. The van der Waals surface area contributed by atoms with E-state index in [0.29, 0.717) is 25.9 Å². The quantitative estimate of drug-likeness (QED) is 0.0235. The zero-order valence-electron chi connectivity index (χ0n) is 56.9. The Morgan fingerprint density at radius 3 is 1.00 bits per heavy atom. The van der Waals surface area contributed by atoms with Crippen molar-refractivity contribution in [2.24, 2.45) is 74.7 Å². The lowest BCUT2D eigenvalue weighted by Gasteiger charge is -2.11. The van der Waals surface area contributed by atoms with Crippen LogP contribution in [0.25, 0.3) is 0 Å². The van der Waals surface area contributed by atoms with E-state index in [1.165, 1.54) is 13.3 Å².